The predicted octanol–water partition coefficient (Wildman–Crippen LogP) is 3.09. The lowest BCUT2D eigenvalue weighted by Gasteiger charge is -2.27. The van der Waals surface area contributed by atoms with Gasteiger partial charge in [-0.2, -0.15) is 14.6 Å². The summed E-state index contributed by atoms with van der Waals surface area (Å²) >= 11 is 0. The molecule has 0 aliphatic heterocycles. The van der Waals surface area contributed by atoms with Crippen LogP contribution in [0.2, 0.25) is 0 Å². The predicted molar refractivity (Wildman–Crippen MR) is 109 cm³/mol. The van der Waals surface area contributed by atoms with E-state index in [-0.39, 0.29) is 6.10 Å². The third kappa shape index (κ3) is 3.05. The minimum absolute atomic E-state index is 0.160. The van der Waals surface area contributed by atoms with E-state index in [0.29, 0.717) is 12.0 Å². The highest BCUT2D eigenvalue weighted by Crippen LogP contribution is 2.26. The zero-order valence-electron chi connectivity index (χ0n) is 15.7. The van der Waals surface area contributed by atoms with Gasteiger partial charge < -0.3 is 15.3 Å². The summed E-state index contributed by atoms with van der Waals surface area (Å²) in [5, 5.41) is 26.2. The maximum absolute atomic E-state index is 9.72. The summed E-state index contributed by atoms with van der Waals surface area (Å²) in [6.07, 6.45) is 5.26. The van der Waals surface area contributed by atoms with Crippen LogP contribution >= 0.6 is 0 Å². The molecular formula is C20H23N7O. The van der Waals surface area contributed by atoms with Gasteiger partial charge in [-0.15, -0.1) is 5.10 Å². The minimum atomic E-state index is -0.160. The Hall–Kier alpha value is -3.13. The van der Waals surface area contributed by atoms with Gasteiger partial charge >= 0.3 is 0 Å². The first-order chi connectivity index (χ1) is 13.7. The summed E-state index contributed by atoms with van der Waals surface area (Å²) in [6.45, 7) is 0. The van der Waals surface area contributed by atoms with Crippen LogP contribution < -0.4 is 10.2 Å². The molecular weight excluding hydrogens is 354 g/mol. The quantitative estimate of drug-likeness (QED) is 0.506. The highest BCUT2D eigenvalue weighted by Gasteiger charge is 2.20. The fourth-order valence-corrected chi connectivity index (χ4v) is 3.82. The lowest BCUT2D eigenvalue weighted by Crippen LogP contribution is -2.29. The Bertz CT molecular complexity index is 1110. The van der Waals surface area contributed by atoms with E-state index in [9.17, 15) is 5.11 Å². The first kappa shape index (κ1) is 17.0. The van der Waals surface area contributed by atoms with E-state index in [1.807, 2.05) is 59.1 Å². The maximum Gasteiger partial charge on any atom is 0.249 e. The number of aromatic nitrogens is 5. The van der Waals surface area contributed by atoms with E-state index in [2.05, 4.69) is 15.5 Å². The number of benzene rings is 1. The van der Waals surface area contributed by atoms with Gasteiger partial charge in [-0.3, -0.25) is 5.10 Å². The molecule has 1 saturated carbocycles. The molecule has 5 rings (SSSR count). The van der Waals surface area contributed by atoms with Crippen molar-refractivity contribution in [2.45, 2.75) is 37.8 Å². The van der Waals surface area contributed by atoms with Crippen LogP contribution in [0.5, 0.6) is 0 Å². The molecule has 0 radical (unpaired) electrons. The van der Waals surface area contributed by atoms with Crippen LogP contribution in [0, 0.1) is 0 Å². The average molecular weight is 377 g/mol. The molecule has 3 heterocycles. The molecule has 0 unspecified atom stereocenters. The van der Waals surface area contributed by atoms with Gasteiger partial charge in [-0.1, -0.05) is 6.07 Å². The molecule has 8 heteroatoms. The molecule has 0 saturated heterocycles. The smallest absolute Gasteiger partial charge is 0.249 e. The number of hydrogen-bond donors (Lipinski definition) is 3. The number of H-pyrrole nitrogens is 1. The number of anilines is 3. The van der Waals surface area contributed by atoms with Crippen molar-refractivity contribution in [2.24, 2.45) is 0 Å². The molecule has 1 aliphatic carbocycles. The maximum atomic E-state index is 9.72. The number of pyridine rings is 1. The first-order valence-corrected chi connectivity index (χ1v) is 9.64. The molecule has 1 fully saturated rings. The summed E-state index contributed by atoms with van der Waals surface area (Å²) in [5.74, 6) is 1.56. The average Bonchev–Trinajstić information content (AvgIpc) is 3.35. The summed E-state index contributed by atoms with van der Waals surface area (Å²) in [7, 11) is 1.96. The van der Waals surface area contributed by atoms with Gasteiger partial charge in [0.25, 0.3) is 0 Å². The van der Waals surface area contributed by atoms with Crippen LogP contribution in [0.25, 0.3) is 16.6 Å². The molecule has 0 spiro atoms. The van der Waals surface area contributed by atoms with Crippen molar-refractivity contribution in [2.75, 3.05) is 17.3 Å². The highest BCUT2D eigenvalue weighted by atomic mass is 16.3. The Morgan fingerprint density at radius 3 is 2.89 bits per heavy atom. The number of rotatable bonds is 4. The molecule has 3 N–H and O–H groups in total. The van der Waals surface area contributed by atoms with E-state index in [0.717, 1.165) is 53.7 Å². The van der Waals surface area contributed by atoms with Gasteiger partial charge in [0.15, 0.2) is 5.65 Å². The number of aromatic amines is 1. The van der Waals surface area contributed by atoms with Crippen molar-refractivity contribution < 1.29 is 5.11 Å². The van der Waals surface area contributed by atoms with E-state index in [1.165, 1.54) is 0 Å². The van der Waals surface area contributed by atoms with Crippen molar-refractivity contribution in [1.82, 2.24) is 24.8 Å². The standard InChI is InChI=1S/C20H23N7O/c1-26(15-8-5-13-12-21-24-17(13)11-15)20-23-19-4-2-3-18(27(19)25-20)22-14-6-9-16(28)10-7-14/h2-5,8,11-12,14,16,22,28H,6-7,9-10H2,1H3,(H,21,24)/t14-,16+. The Labute approximate surface area is 162 Å². The van der Waals surface area contributed by atoms with Crippen LogP contribution in [-0.2, 0) is 0 Å². The molecule has 144 valence electrons. The number of aliphatic hydroxyl groups is 1. The first-order valence-electron chi connectivity index (χ1n) is 9.64. The number of nitrogens with one attached hydrogen (secondary N) is 2. The SMILES string of the molecule is CN(c1ccc2cn[nH]c2c1)c1nc2cccc(N[C@H]3CC[C@@H](O)CC3)n2n1. The van der Waals surface area contributed by atoms with E-state index in [1.54, 1.807) is 0 Å². The van der Waals surface area contributed by atoms with Gasteiger partial charge in [0.2, 0.25) is 5.95 Å². The van der Waals surface area contributed by atoms with E-state index in [4.69, 9.17) is 10.1 Å². The number of aliphatic hydroxyl groups excluding tert-OH is 1. The second-order valence-corrected chi connectivity index (χ2v) is 7.44. The van der Waals surface area contributed by atoms with E-state index < -0.39 is 0 Å². The summed E-state index contributed by atoms with van der Waals surface area (Å²) in [4.78, 5) is 6.66. The number of nitrogens with zero attached hydrogens (tertiary/aromatic N) is 5. The monoisotopic (exact) mass is 377 g/mol. The minimum Gasteiger partial charge on any atom is -0.393 e. The highest BCUT2D eigenvalue weighted by molar-refractivity contribution is 5.82. The third-order valence-corrected chi connectivity index (χ3v) is 5.51. The van der Waals surface area contributed by atoms with Gasteiger partial charge in [0, 0.05) is 24.2 Å². The van der Waals surface area contributed by atoms with Crippen LogP contribution in [-0.4, -0.2) is 49.1 Å². The molecule has 3 aromatic heterocycles. The molecule has 4 aromatic rings. The van der Waals surface area contributed by atoms with Gasteiger partial charge in [-0.05, 0) is 56.0 Å². The zero-order chi connectivity index (χ0) is 19.1. The van der Waals surface area contributed by atoms with Crippen LogP contribution in [0.4, 0.5) is 17.5 Å². The van der Waals surface area contributed by atoms with Crippen LogP contribution in [0.1, 0.15) is 25.7 Å². The van der Waals surface area contributed by atoms with Crippen LogP contribution in [0.3, 0.4) is 0 Å². The molecule has 0 atom stereocenters. The fraction of sp³-hybridized carbons (Fsp3) is 0.350. The van der Waals surface area contributed by atoms with Gasteiger partial charge in [-0.25, -0.2) is 0 Å². The van der Waals surface area contributed by atoms with Crippen molar-refractivity contribution in [3.63, 3.8) is 0 Å². The molecule has 28 heavy (non-hydrogen) atoms. The topological polar surface area (TPSA) is 94.4 Å². The Balaban J connectivity index is 1.44. The normalized spacial score (nSPS) is 19.9. The lowest BCUT2D eigenvalue weighted by atomic mass is 9.93. The van der Waals surface area contributed by atoms with Crippen molar-refractivity contribution in [3.8, 4) is 0 Å². The Kier molecular flexibility index (Phi) is 4.12. The molecule has 0 bridgehead atoms. The molecule has 8 nitrogen and oxygen atoms in total. The van der Waals surface area contributed by atoms with E-state index >= 15 is 0 Å². The molecule has 1 aromatic carbocycles. The third-order valence-electron chi connectivity index (χ3n) is 5.51. The molecule has 0 amide bonds. The second kappa shape index (κ2) is 6.79. The number of fused-ring (bicyclic) bond motifs is 2. The molecule has 1 aliphatic rings. The second-order valence-electron chi connectivity index (χ2n) is 7.44. The van der Waals surface area contributed by atoms with Gasteiger partial charge in [0.05, 0.1) is 17.8 Å². The summed E-state index contributed by atoms with van der Waals surface area (Å²) in [6, 6.07) is 12.4. The van der Waals surface area contributed by atoms with Crippen LogP contribution in [0.15, 0.2) is 42.6 Å². The lowest BCUT2D eigenvalue weighted by molar-refractivity contribution is 0.126. The van der Waals surface area contributed by atoms with Gasteiger partial charge in [0.1, 0.15) is 5.82 Å². The zero-order valence-corrected chi connectivity index (χ0v) is 15.7. The van der Waals surface area contributed by atoms with Crippen molar-refractivity contribution >= 4 is 34.0 Å². The Morgan fingerprint density at radius 1 is 1.18 bits per heavy atom. The summed E-state index contributed by atoms with van der Waals surface area (Å²) < 4.78 is 1.85. The largest absolute Gasteiger partial charge is 0.393 e. The Morgan fingerprint density at radius 2 is 2.04 bits per heavy atom. The summed E-state index contributed by atoms with van der Waals surface area (Å²) in [5.41, 5.74) is 2.77. The van der Waals surface area contributed by atoms with Crippen molar-refractivity contribution in [3.05, 3.63) is 42.6 Å². The van der Waals surface area contributed by atoms with Crippen molar-refractivity contribution in [1.29, 1.82) is 0 Å². The number of hydrogen-bond acceptors (Lipinski definition) is 6. The fourth-order valence-electron chi connectivity index (χ4n) is 3.82.